The van der Waals surface area contributed by atoms with Crippen molar-refractivity contribution in [2.24, 2.45) is 5.92 Å². The van der Waals surface area contributed by atoms with Crippen LogP contribution in [0.5, 0.6) is 5.75 Å². The second-order valence-electron chi connectivity index (χ2n) is 9.81. The molecule has 0 radical (unpaired) electrons. The van der Waals surface area contributed by atoms with E-state index in [9.17, 15) is 23.1 Å². The summed E-state index contributed by atoms with van der Waals surface area (Å²) in [5.41, 5.74) is 0.308. The van der Waals surface area contributed by atoms with Crippen molar-refractivity contribution in [1.82, 2.24) is 9.80 Å². The Kier molecular flexibility index (Phi) is 8.19. The number of amides is 1. The van der Waals surface area contributed by atoms with E-state index in [-0.39, 0.29) is 37.4 Å². The van der Waals surface area contributed by atoms with Crippen LogP contribution < -0.4 is 4.74 Å². The summed E-state index contributed by atoms with van der Waals surface area (Å²) in [4.78, 5) is 16.5. The molecule has 196 valence electrons. The van der Waals surface area contributed by atoms with Crippen molar-refractivity contribution in [2.75, 3.05) is 33.7 Å². The number of nitrogens with zero attached hydrogens (tertiary/aromatic N) is 2. The molecule has 1 amide bonds. The van der Waals surface area contributed by atoms with Crippen LogP contribution in [0.25, 0.3) is 0 Å². The number of aliphatic hydroxyl groups is 1. The van der Waals surface area contributed by atoms with Crippen LogP contribution in [0, 0.1) is 23.4 Å². The zero-order valence-corrected chi connectivity index (χ0v) is 21.0. The summed E-state index contributed by atoms with van der Waals surface area (Å²) in [7, 11) is 3.77. The number of carbonyl (C=O) groups excluding carboxylic acids is 1. The second kappa shape index (κ2) is 11.4. The zero-order chi connectivity index (χ0) is 26.6. The van der Waals surface area contributed by atoms with Gasteiger partial charge in [-0.2, -0.15) is 0 Å². The van der Waals surface area contributed by atoms with Gasteiger partial charge in [0.15, 0.2) is 11.6 Å². The molecule has 1 fully saturated rings. The van der Waals surface area contributed by atoms with Crippen LogP contribution in [0.2, 0.25) is 0 Å². The maximum Gasteiger partial charge on any atom is 0.227 e. The highest BCUT2D eigenvalue weighted by Crippen LogP contribution is 2.39. The summed E-state index contributed by atoms with van der Waals surface area (Å²) in [5.74, 6) is -3.58. The van der Waals surface area contributed by atoms with Gasteiger partial charge in [0.25, 0.3) is 0 Å². The fourth-order valence-corrected chi connectivity index (χ4v) is 4.84. The number of ether oxygens (including phenoxy) is 1. The Hall–Kier alpha value is -3.36. The van der Waals surface area contributed by atoms with Crippen molar-refractivity contribution in [3.63, 3.8) is 0 Å². The first-order valence-corrected chi connectivity index (χ1v) is 12.2. The van der Waals surface area contributed by atoms with E-state index in [0.29, 0.717) is 30.5 Å². The van der Waals surface area contributed by atoms with Gasteiger partial charge in [0.1, 0.15) is 18.2 Å². The Balaban J connectivity index is 1.50. The maximum absolute atomic E-state index is 14.1. The normalized spacial score (nSPS) is 19.8. The number of likely N-dealkylation sites (tertiary alicyclic amines) is 1. The monoisotopic (exact) mass is 512 g/mol. The summed E-state index contributed by atoms with van der Waals surface area (Å²) in [5, 5.41) is 11.9. The minimum absolute atomic E-state index is 0.197. The molecule has 3 aromatic rings. The van der Waals surface area contributed by atoms with Gasteiger partial charge in [0, 0.05) is 37.2 Å². The average molecular weight is 513 g/mol. The fraction of sp³-hybridized carbons (Fsp3) is 0.345. The van der Waals surface area contributed by atoms with Gasteiger partial charge >= 0.3 is 0 Å². The molecule has 2 atom stereocenters. The molecule has 5 nitrogen and oxygen atoms in total. The highest BCUT2D eigenvalue weighted by atomic mass is 19.2. The molecule has 0 spiro atoms. The molecule has 0 saturated carbocycles. The first-order chi connectivity index (χ1) is 17.7. The third-order valence-electron chi connectivity index (χ3n) is 6.83. The van der Waals surface area contributed by atoms with Crippen molar-refractivity contribution < 1.29 is 27.8 Å². The minimum atomic E-state index is -1.29. The van der Waals surface area contributed by atoms with Crippen molar-refractivity contribution in [2.45, 2.75) is 25.0 Å². The van der Waals surface area contributed by atoms with E-state index in [0.717, 1.165) is 11.6 Å². The van der Waals surface area contributed by atoms with Gasteiger partial charge in [-0.25, -0.2) is 13.2 Å². The van der Waals surface area contributed by atoms with Gasteiger partial charge in [0.2, 0.25) is 5.91 Å². The molecule has 1 aliphatic rings. The molecule has 0 bridgehead atoms. The van der Waals surface area contributed by atoms with Gasteiger partial charge in [-0.15, -0.1) is 0 Å². The van der Waals surface area contributed by atoms with Crippen LogP contribution in [0.15, 0.2) is 66.7 Å². The van der Waals surface area contributed by atoms with E-state index in [1.54, 1.807) is 4.90 Å². The van der Waals surface area contributed by atoms with Gasteiger partial charge in [0.05, 0.1) is 12.0 Å². The molecule has 3 aromatic carbocycles. The van der Waals surface area contributed by atoms with E-state index < -0.39 is 29.0 Å². The summed E-state index contributed by atoms with van der Waals surface area (Å²) in [6.45, 7) is 1.36. The lowest BCUT2D eigenvalue weighted by atomic mass is 9.75. The third kappa shape index (κ3) is 6.32. The van der Waals surface area contributed by atoms with Gasteiger partial charge in [-0.05, 0) is 49.8 Å². The van der Waals surface area contributed by atoms with Gasteiger partial charge < -0.3 is 19.6 Å². The zero-order valence-electron chi connectivity index (χ0n) is 21.0. The molecule has 37 heavy (non-hydrogen) atoms. The average Bonchev–Trinajstić information content (AvgIpc) is 2.88. The second-order valence-corrected chi connectivity index (χ2v) is 9.81. The fourth-order valence-electron chi connectivity index (χ4n) is 4.84. The van der Waals surface area contributed by atoms with E-state index in [2.05, 4.69) is 0 Å². The van der Waals surface area contributed by atoms with Crippen LogP contribution in [-0.2, 0) is 23.4 Å². The Morgan fingerprint density at radius 3 is 2.49 bits per heavy atom. The standard InChI is InChI=1S/C29H31F3N2O3/c1-33(2)17-23-18-34(28(35)14-21-13-26(31)27(32)16-25(21)30)12-11-29(23,36)22-9-6-10-24(15-22)37-19-20-7-4-3-5-8-20/h3-10,13,15-16,23,36H,11-12,14,17-19H2,1-2H3. The van der Waals surface area contributed by atoms with Crippen LogP contribution in [-0.4, -0.2) is 54.5 Å². The molecule has 0 aromatic heterocycles. The molecular weight excluding hydrogens is 481 g/mol. The summed E-state index contributed by atoms with van der Waals surface area (Å²) in [6, 6.07) is 18.3. The predicted octanol–water partition coefficient (Wildman–Crippen LogP) is 4.52. The number of benzene rings is 3. The SMILES string of the molecule is CN(C)CC1CN(C(=O)Cc2cc(F)c(F)cc2F)CCC1(O)c1cccc(OCc2ccccc2)c1. The predicted molar refractivity (Wildman–Crippen MR) is 134 cm³/mol. The molecule has 4 rings (SSSR count). The lowest BCUT2D eigenvalue weighted by Gasteiger charge is -2.46. The van der Waals surface area contributed by atoms with Crippen molar-refractivity contribution in [1.29, 1.82) is 0 Å². The number of halogens is 3. The van der Waals surface area contributed by atoms with Crippen LogP contribution >= 0.6 is 0 Å². The molecule has 1 saturated heterocycles. The van der Waals surface area contributed by atoms with Crippen LogP contribution in [0.3, 0.4) is 0 Å². The highest BCUT2D eigenvalue weighted by molar-refractivity contribution is 5.79. The van der Waals surface area contributed by atoms with Gasteiger partial charge in [-0.3, -0.25) is 4.79 Å². The van der Waals surface area contributed by atoms with Crippen molar-refractivity contribution in [3.05, 3.63) is 101 Å². The molecule has 1 N–H and O–H groups in total. The summed E-state index contributed by atoms with van der Waals surface area (Å²) < 4.78 is 47.0. The molecule has 1 heterocycles. The third-order valence-corrected chi connectivity index (χ3v) is 6.83. The lowest BCUT2D eigenvalue weighted by molar-refractivity contribution is -0.141. The van der Waals surface area contributed by atoms with Gasteiger partial charge in [-0.1, -0.05) is 42.5 Å². The quantitative estimate of drug-likeness (QED) is 0.451. The first kappa shape index (κ1) is 26.7. The molecule has 8 heteroatoms. The number of carbonyl (C=O) groups is 1. The largest absolute Gasteiger partial charge is 0.489 e. The van der Waals surface area contributed by atoms with Crippen LogP contribution in [0.4, 0.5) is 13.2 Å². The Morgan fingerprint density at radius 2 is 1.76 bits per heavy atom. The molecule has 1 aliphatic heterocycles. The van der Waals surface area contributed by atoms with Crippen molar-refractivity contribution in [3.8, 4) is 5.75 Å². The highest BCUT2D eigenvalue weighted by Gasteiger charge is 2.44. The van der Waals surface area contributed by atoms with E-state index >= 15 is 0 Å². The van der Waals surface area contributed by atoms with E-state index in [4.69, 9.17) is 4.74 Å². The summed E-state index contributed by atoms with van der Waals surface area (Å²) >= 11 is 0. The lowest BCUT2D eigenvalue weighted by Crippen LogP contribution is -2.54. The number of hydrogen-bond donors (Lipinski definition) is 1. The Bertz CT molecular complexity index is 1240. The molecule has 2 unspecified atom stereocenters. The smallest absolute Gasteiger partial charge is 0.227 e. The maximum atomic E-state index is 14.1. The van der Waals surface area contributed by atoms with E-state index in [1.807, 2.05) is 73.6 Å². The summed E-state index contributed by atoms with van der Waals surface area (Å²) in [6.07, 6.45) is -0.126. The number of piperidine rings is 1. The number of rotatable bonds is 8. The first-order valence-electron chi connectivity index (χ1n) is 12.2. The van der Waals surface area contributed by atoms with Crippen LogP contribution in [0.1, 0.15) is 23.1 Å². The molecular formula is C29H31F3N2O3. The Labute approximate surface area is 215 Å². The van der Waals surface area contributed by atoms with E-state index in [1.165, 1.54) is 0 Å². The number of hydrogen-bond acceptors (Lipinski definition) is 4. The Morgan fingerprint density at radius 1 is 1.03 bits per heavy atom. The van der Waals surface area contributed by atoms with Crippen molar-refractivity contribution >= 4 is 5.91 Å². The minimum Gasteiger partial charge on any atom is -0.489 e. The topological polar surface area (TPSA) is 53.0 Å². The molecule has 0 aliphatic carbocycles.